The van der Waals surface area contributed by atoms with E-state index in [1.807, 2.05) is 31.4 Å². The van der Waals surface area contributed by atoms with E-state index in [1.165, 1.54) is 9.80 Å². The van der Waals surface area contributed by atoms with Crippen molar-refractivity contribution >= 4 is 46.9 Å². The van der Waals surface area contributed by atoms with Crippen LogP contribution in [0.1, 0.15) is 23.9 Å². The first kappa shape index (κ1) is 20.6. The van der Waals surface area contributed by atoms with Crippen molar-refractivity contribution in [3.05, 3.63) is 51.3 Å². The molecule has 1 atom stereocenters. The van der Waals surface area contributed by atoms with Crippen molar-refractivity contribution in [3.8, 4) is 0 Å². The molecule has 0 aliphatic carbocycles. The van der Waals surface area contributed by atoms with Crippen LogP contribution >= 0.6 is 23.2 Å². The molecule has 4 rings (SSSR count). The van der Waals surface area contributed by atoms with Crippen LogP contribution < -0.4 is 0 Å². The SMILES string of the molecule is CC[N+]1=C(n2nc(C)cc2C)N=C2C1C(=O)N(Cc1ccc(Cl)c(Cl)c1)C(=O)N2C. The fourth-order valence-corrected chi connectivity index (χ4v) is 4.12. The van der Waals surface area contributed by atoms with Gasteiger partial charge in [-0.3, -0.25) is 14.6 Å². The zero-order valence-electron chi connectivity index (χ0n) is 17.1. The minimum atomic E-state index is -0.695. The Morgan fingerprint density at radius 1 is 1.13 bits per heavy atom. The van der Waals surface area contributed by atoms with Crippen molar-refractivity contribution in [2.24, 2.45) is 4.99 Å². The van der Waals surface area contributed by atoms with Crippen LogP contribution in [0.4, 0.5) is 4.79 Å². The summed E-state index contributed by atoms with van der Waals surface area (Å²) in [4.78, 5) is 33.7. The van der Waals surface area contributed by atoms with Crippen molar-refractivity contribution in [1.29, 1.82) is 0 Å². The Hall–Kier alpha value is -2.71. The third kappa shape index (κ3) is 3.20. The summed E-state index contributed by atoms with van der Waals surface area (Å²) >= 11 is 12.1. The van der Waals surface area contributed by atoms with E-state index in [1.54, 1.807) is 29.9 Å². The van der Waals surface area contributed by atoms with Gasteiger partial charge in [0.1, 0.15) is 5.69 Å². The van der Waals surface area contributed by atoms with Gasteiger partial charge < -0.3 is 0 Å². The van der Waals surface area contributed by atoms with Crippen LogP contribution in [0, 0.1) is 13.8 Å². The highest BCUT2D eigenvalue weighted by molar-refractivity contribution is 6.42. The quantitative estimate of drug-likeness (QED) is 0.678. The van der Waals surface area contributed by atoms with Gasteiger partial charge in [-0.25, -0.2) is 9.37 Å². The van der Waals surface area contributed by atoms with Crippen molar-refractivity contribution in [2.45, 2.75) is 33.4 Å². The number of aliphatic imine (C=N–C) groups is 1. The monoisotopic (exact) mass is 447 g/mol. The highest BCUT2D eigenvalue weighted by Crippen LogP contribution is 2.26. The molecule has 0 saturated carbocycles. The largest absolute Gasteiger partial charge is 0.421 e. The van der Waals surface area contributed by atoms with Crippen LogP contribution in [-0.4, -0.2) is 67.5 Å². The summed E-state index contributed by atoms with van der Waals surface area (Å²) in [6.45, 7) is 6.39. The molecule has 8 nitrogen and oxygen atoms in total. The number of amides is 3. The molecular weight excluding hydrogens is 427 g/mol. The molecule has 3 heterocycles. The van der Waals surface area contributed by atoms with Gasteiger partial charge >= 0.3 is 12.0 Å². The van der Waals surface area contributed by atoms with Crippen LogP contribution in [-0.2, 0) is 11.3 Å². The number of amidine groups is 1. The van der Waals surface area contributed by atoms with Crippen LogP contribution in [0.25, 0.3) is 0 Å². The summed E-state index contributed by atoms with van der Waals surface area (Å²) in [5.41, 5.74) is 2.46. The molecule has 1 fully saturated rings. The molecule has 2 aliphatic heterocycles. The zero-order chi connectivity index (χ0) is 21.7. The van der Waals surface area contributed by atoms with E-state index in [0.717, 1.165) is 11.4 Å². The van der Waals surface area contributed by atoms with Gasteiger partial charge in [0.25, 0.3) is 5.91 Å². The van der Waals surface area contributed by atoms with E-state index in [0.29, 0.717) is 33.9 Å². The summed E-state index contributed by atoms with van der Waals surface area (Å²) in [5, 5.41) is 5.29. The third-order valence-corrected chi connectivity index (χ3v) is 5.99. The van der Waals surface area contributed by atoms with Gasteiger partial charge in [0, 0.05) is 7.05 Å². The first-order valence-corrected chi connectivity index (χ1v) is 10.3. The Bertz CT molecular complexity index is 1140. The highest BCUT2D eigenvalue weighted by atomic mass is 35.5. The number of aromatic nitrogens is 2. The number of aryl methyl sites for hydroxylation is 2. The normalized spacial score (nSPS) is 19.0. The smallest absolute Gasteiger partial charge is 0.270 e. The van der Waals surface area contributed by atoms with Gasteiger partial charge in [0.2, 0.25) is 11.9 Å². The fraction of sp³-hybridized carbons (Fsp3) is 0.350. The number of halogens is 2. The lowest BCUT2D eigenvalue weighted by atomic mass is 10.1. The number of urea groups is 1. The average Bonchev–Trinajstić information content (AvgIpc) is 3.25. The molecule has 0 spiro atoms. The molecule has 1 aromatic heterocycles. The van der Waals surface area contributed by atoms with Gasteiger partial charge in [-0.1, -0.05) is 34.3 Å². The topological polar surface area (TPSA) is 73.8 Å². The zero-order valence-corrected chi connectivity index (χ0v) is 18.6. The van der Waals surface area contributed by atoms with Crippen molar-refractivity contribution < 1.29 is 14.2 Å². The number of hydrogen-bond donors (Lipinski definition) is 0. The maximum atomic E-state index is 13.4. The number of carbonyl (C=O) groups is 2. The summed E-state index contributed by atoms with van der Waals surface area (Å²) in [7, 11) is 1.63. The third-order valence-electron chi connectivity index (χ3n) is 5.25. The minimum absolute atomic E-state index is 0.0927. The Labute approximate surface area is 184 Å². The second-order valence-corrected chi connectivity index (χ2v) is 8.13. The second kappa shape index (κ2) is 7.52. The van der Waals surface area contributed by atoms with Gasteiger partial charge in [-0.05, 0) is 44.5 Å². The first-order chi connectivity index (χ1) is 14.2. The standard InChI is InChI=1S/C20H21Cl2N6O2/c1-5-26-16-17(23-19(26)28-12(3)8-11(2)24-28)25(4)20(30)27(18(16)29)10-13-6-7-14(21)15(22)9-13/h6-9,16H,5,10H2,1-4H3/q+1. The average molecular weight is 448 g/mol. The van der Waals surface area contributed by atoms with E-state index in [-0.39, 0.29) is 12.5 Å². The number of fused-ring (bicyclic) bond motifs is 1. The Balaban J connectivity index is 1.74. The molecule has 2 aliphatic rings. The first-order valence-electron chi connectivity index (χ1n) is 9.51. The highest BCUT2D eigenvalue weighted by Gasteiger charge is 2.52. The number of hydrogen-bond acceptors (Lipinski definition) is 4. The summed E-state index contributed by atoms with van der Waals surface area (Å²) in [5.74, 6) is 0.605. The van der Waals surface area contributed by atoms with Crippen LogP contribution in [0.15, 0.2) is 29.3 Å². The van der Waals surface area contributed by atoms with Gasteiger partial charge in [0.15, 0.2) is 0 Å². The van der Waals surface area contributed by atoms with Crippen LogP contribution in [0.5, 0.6) is 0 Å². The maximum absolute atomic E-state index is 13.4. The summed E-state index contributed by atoms with van der Waals surface area (Å²) in [6.07, 6.45) is 0. The van der Waals surface area contributed by atoms with Crippen LogP contribution in [0.3, 0.4) is 0 Å². The Morgan fingerprint density at radius 3 is 2.47 bits per heavy atom. The van der Waals surface area contributed by atoms with E-state index < -0.39 is 12.1 Å². The number of imide groups is 1. The van der Waals surface area contributed by atoms with E-state index in [2.05, 4.69) is 10.1 Å². The number of rotatable bonds is 3. The number of benzene rings is 1. The molecule has 1 aromatic carbocycles. The van der Waals surface area contributed by atoms with E-state index in [4.69, 9.17) is 23.2 Å². The molecule has 2 aromatic rings. The predicted molar refractivity (Wildman–Crippen MR) is 114 cm³/mol. The number of carbonyl (C=O) groups excluding carboxylic acids is 2. The number of nitrogens with zero attached hydrogens (tertiary/aromatic N) is 6. The maximum Gasteiger partial charge on any atom is 0.421 e. The van der Waals surface area contributed by atoms with Gasteiger partial charge in [-0.15, -0.1) is 9.78 Å². The molecule has 1 unspecified atom stereocenters. The number of likely N-dealkylation sites (N-methyl/N-ethyl adjacent to an activating group) is 2. The molecule has 3 amide bonds. The molecule has 30 heavy (non-hydrogen) atoms. The van der Waals surface area contributed by atoms with Crippen molar-refractivity contribution in [2.75, 3.05) is 13.6 Å². The molecular formula is C20H21Cl2N6O2+. The molecule has 0 bridgehead atoms. The Morgan fingerprint density at radius 2 is 1.87 bits per heavy atom. The molecule has 156 valence electrons. The predicted octanol–water partition coefficient (Wildman–Crippen LogP) is 2.92. The molecule has 0 N–H and O–H groups in total. The lowest BCUT2D eigenvalue weighted by molar-refractivity contribution is -0.534. The Kier molecular flexibility index (Phi) is 5.15. The lowest BCUT2D eigenvalue weighted by Gasteiger charge is -2.34. The second-order valence-electron chi connectivity index (χ2n) is 7.31. The van der Waals surface area contributed by atoms with Crippen molar-refractivity contribution in [1.82, 2.24) is 19.6 Å². The lowest BCUT2D eigenvalue weighted by Crippen LogP contribution is -2.62. The van der Waals surface area contributed by atoms with Crippen LogP contribution in [0.2, 0.25) is 10.0 Å². The summed E-state index contributed by atoms with van der Waals surface area (Å²) < 4.78 is 3.57. The van der Waals surface area contributed by atoms with Crippen molar-refractivity contribution in [3.63, 3.8) is 0 Å². The van der Waals surface area contributed by atoms with Gasteiger partial charge in [0.05, 0.1) is 28.8 Å². The van der Waals surface area contributed by atoms with E-state index in [9.17, 15) is 9.59 Å². The molecule has 10 heteroatoms. The minimum Gasteiger partial charge on any atom is -0.270 e. The van der Waals surface area contributed by atoms with Gasteiger partial charge in [-0.2, -0.15) is 0 Å². The summed E-state index contributed by atoms with van der Waals surface area (Å²) in [6, 6.07) is 5.87. The molecule has 0 radical (unpaired) electrons. The fourth-order valence-electron chi connectivity index (χ4n) is 3.80. The van der Waals surface area contributed by atoms with E-state index >= 15 is 0 Å². The molecule has 1 saturated heterocycles.